The van der Waals surface area contributed by atoms with E-state index in [1.165, 1.54) is 24.3 Å². The number of likely N-dealkylation sites (N-methyl/N-ethyl adjacent to an activating group) is 2. The van der Waals surface area contributed by atoms with Crippen LogP contribution in [0, 0.1) is 34.9 Å². The number of fused-ring (bicyclic) bond motifs is 2. The van der Waals surface area contributed by atoms with E-state index in [9.17, 15) is 31.5 Å². The number of nitrogens with one attached hydrogen (secondary N) is 3. The molecule has 0 unspecified atom stereocenters. The second-order valence-corrected chi connectivity index (χ2v) is 21.2. The lowest BCUT2D eigenvalue weighted by Crippen LogP contribution is -2.50. The minimum absolute atomic E-state index is 0. The highest BCUT2D eigenvalue weighted by molar-refractivity contribution is 5.85. The van der Waals surface area contributed by atoms with Crippen LogP contribution in [0.2, 0.25) is 0 Å². The van der Waals surface area contributed by atoms with Crippen LogP contribution in [0.15, 0.2) is 73.1 Å². The fraction of sp³-hybridized carbons (Fsp3) is 0.414. The molecule has 4 aliphatic rings. The minimum Gasteiger partial charge on any atom is -0.486 e. The molecule has 1 amide bonds. The quantitative estimate of drug-likeness (QED) is 0.0761. The predicted octanol–water partition coefficient (Wildman–Crippen LogP) is 8.50. The van der Waals surface area contributed by atoms with Crippen molar-refractivity contribution < 1.29 is 50.5 Å². The molecule has 84 heavy (non-hydrogen) atoms. The summed E-state index contributed by atoms with van der Waals surface area (Å²) < 4.78 is 100. The molecule has 0 aliphatic carbocycles. The lowest BCUT2D eigenvalue weighted by Gasteiger charge is -2.36. The number of carbonyl (C=O) groups excluding carboxylic acids is 1. The number of piperazine rings is 2. The van der Waals surface area contributed by atoms with Crippen molar-refractivity contribution in [3.8, 4) is 34.0 Å². The first-order chi connectivity index (χ1) is 39.6. The number of nitrogens with zero attached hydrogens (tertiary/aromatic N) is 11. The van der Waals surface area contributed by atoms with Crippen LogP contribution in [0.25, 0.3) is 22.5 Å². The number of aromatic nitrogens is 4. The lowest BCUT2D eigenvalue weighted by molar-refractivity contribution is -0.137. The molecule has 0 radical (unpaired) electrons. The summed E-state index contributed by atoms with van der Waals surface area (Å²) in [5.41, 5.74) is 3.21. The van der Waals surface area contributed by atoms with Crippen molar-refractivity contribution in [3.63, 3.8) is 0 Å². The van der Waals surface area contributed by atoms with Gasteiger partial charge >= 0.3 is 5.97 Å². The summed E-state index contributed by atoms with van der Waals surface area (Å²) in [6.45, 7) is 15.5. The van der Waals surface area contributed by atoms with Crippen LogP contribution in [0.5, 0.6) is 11.5 Å². The van der Waals surface area contributed by atoms with E-state index in [4.69, 9.17) is 14.6 Å². The number of carbonyl (C=O) groups is 2. The summed E-state index contributed by atoms with van der Waals surface area (Å²) in [5.74, 6) is -3.74. The summed E-state index contributed by atoms with van der Waals surface area (Å²) in [6, 6.07) is 15.4. The Hall–Kier alpha value is -7.87. The second kappa shape index (κ2) is 28.6. The Morgan fingerprint density at radius 2 is 1.00 bits per heavy atom. The van der Waals surface area contributed by atoms with E-state index in [0.717, 1.165) is 38.6 Å². The van der Waals surface area contributed by atoms with Crippen molar-refractivity contribution >= 4 is 70.3 Å². The Morgan fingerprint density at radius 3 is 1.38 bits per heavy atom. The molecule has 2 fully saturated rings. The van der Waals surface area contributed by atoms with Crippen LogP contribution in [-0.2, 0) is 9.59 Å². The molecular weight excluding hydrogens is 1120 g/mol. The van der Waals surface area contributed by atoms with Crippen molar-refractivity contribution in [1.82, 2.24) is 40.0 Å². The molecule has 6 heterocycles. The molecular formula is C58H71ClF6N14O5. The summed E-state index contributed by atoms with van der Waals surface area (Å²) in [7, 11) is 7.13. The van der Waals surface area contributed by atoms with Gasteiger partial charge in [-0.2, -0.15) is 0 Å². The molecule has 4 aromatic carbocycles. The first kappa shape index (κ1) is 63.7. The van der Waals surface area contributed by atoms with E-state index in [1.807, 2.05) is 66.3 Å². The van der Waals surface area contributed by atoms with Crippen LogP contribution >= 0.6 is 12.4 Å². The Kier molecular flexibility index (Phi) is 21.7. The van der Waals surface area contributed by atoms with Gasteiger partial charge in [-0.15, -0.1) is 12.4 Å². The van der Waals surface area contributed by atoms with Crippen LogP contribution in [0.3, 0.4) is 0 Å². The van der Waals surface area contributed by atoms with E-state index < -0.39 is 35.1 Å². The third-order valence-corrected chi connectivity index (χ3v) is 13.8. The van der Waals surface area contributed by atoms with Gasteiger partial charge in [-0.1, -0.05) is 0 Å². The molecule has 10 rings (SSSR count). The number of amides is 1. The van der Waals surface area contributed by atoms with Crippen LogP contribution in [-0.4, -0.2) is 184 Å². The van der Waals surface area contributed by atoms with Gasteiger partial charge in [0, 0.05) is 86.9 Å². The first-order valence-corrected chi connectivity index (χ1v) is 27.3. The molecule has 4 aliphatic heterocycles. The zero-order chi connectivity index (χ0) is 59.6. The Bertz CT molecular complexity index is 3260. The second-order valence-electron chi connectivity index (χ2n) is 21.2. The van der Waals surface area contributed by atoms with Crippen molar-refractivity contribution in [2.24, 2.45) is 0 Å². The largest absolute Gasteiger partial charge is 0.486 e. The average molecular weight is 1190 g/mol. The fourth-order valence-corrected chi connectivity index (χ4v) is 9.89. The predicted molar refractivity (Wildman–Crippen MR) is 316 cm³/mol. The number of aliphatic carboxylic acids is 1. The SMILES string of the molecule is CC(C)N1CCOc2c(F)cc(-c3nc(Nc4ccc(N5CCN(C(=O)CN(C)C)CC5)c(F)c4)ncc3F)cc21.CC(C)N1CCOc2c(F)cc(-c3nc(Nc4ccc(N5CCNCC5)c(F)c4)ncc3F)cc21.CN(C)CC(=O)O.Cl. The van der Waals surface area contributed by atoms with Gasteiger partial charge in [-0.05, 0) is 117 Å². The summed E-state index contributed by atoms with van der Waals surface area (Å²) in [5, 5.41) is 17.1. The van der Waals surface area contributed by atoms with Gasteiger partial charge in [0.05, 0.1) is 61.3 Å². The zero-order valence-corrected chi connectivity index (χ0v) is 49.0. The summed E-state index contributed by atoms with van der Waals surface area (Å²) in [6.07, 6.45) is 2.02. The maximum atomic E-state index is 15.2. The Balaban J connectivity index is 0.000000216. The molecule has 0 spiro atoms. The first-order valence-electron chi connectivity index (χ1n) is 27.3. The van der Waals surface area contributed by atoms with Gasteiger partial charge in [-0.3, -0.25) is 14.5 Å². The number of hydrogen-bond donors (Lipinski definition) is 4. The van der Waals surface area contributed by atoms with Crippen molar-refractivity contribution in [2.75, 3.05) is 150 Å². The normalized spacial score (nSPS) is 14.8. The molecule has 2 aromatic heterocycles. The monoisotopic (exact) mass is 1190 g/mol. The number of carboxylic acids is 1. The van der Waals surface area contributed by atoms with Gasteiger partial charge in [0.25, 0.3) is 0 Å². The highest BCUT2D eigenvalue weighted by Gasteiger charge is 2.29. The van der Waals surface area contributed by atoms with Crippen molar-refractivity contribution in [2.45, 2.75) is 39.8 Å². The van der Waals surface area contributed by atoms with E-state index >= 15 is 4.39 Å². The number of benzene rings is 4. The molecule has 452 valence electrons. The topological polar surface area (TPSA) is 183 Å². The number of halogens is 7. The summed E-state index contributed by atoms with van der Waals surface area (Å²) >= 11 is 0. The lowest BCUT2D eigenvalue weighted by atomic mass is 10.1. The third kappa shape index (κ3) is 15.9. The van der Waals surface area contributed by atoms with Gasteiger partial charge in [0.15, 0.2) is 34.8 Å². The molecule has 26 heteroatoms. The maximum Gasteiger partial charge on any atom is 0.317 e. The van der Waals surface area contributed by atoms with Gasteiger partial charge in [0.1, 0.15) is 36.2 Å². The number of rotatable bonds is 14. The third-order valence-electron chi connectivity index (χ3n) is 13.8. The Morgan fingerprint density at radius 1 is 0.571 bits per heavy atom. The fourth-order valence-electron chi connectivity index (χ4n) is 9.89. The highest BCUT2D eigenvalue weighted by atomic mass is 35.5. The van der Waals surface area contributed by atoms with E-state index in [2.05, 4.69) is 35.9 Å². The molecule has 6 aromatic rings. The number of carboxylic acid groups (broad SMARTS) is 1. The molecule has 0 bridgehead atoms. The molecule has 19 nitrogen and oxygen atoms in total. The smallest absolute Gasteiger partial charge is 0.317 e. The number of anilines is 8. The van der Waals surface area contributed by atoms with Gasteiger partial charge in [-0.25, -0.2) is 46.3 Å². The molecule has 2 saturated heterocycles. The highest BCUT2D eigenvalue weighted by Crippen LogP contribution is 2.41. The minimum atomic E-state index is -0.787. The maximum absolute atomic E-state index is 15.2. The van der Waals surface area contributed by atoms with Crippen LogP contribution in [0.1, 0.15) is 27.7 Å². The number of ether oxygens (including phenoxy) is 2. The van der Waals surface area contributed by atoms with E-state index in [1.54, 1.807) is 60.3 Å². The summed E-state index contributed by atoms with van der Waals surface area (Å²) in [4.78, 5) is 51.7. The standard InChI is InChI=1S/C29H34F3N7O2.C25H27F3N6O.C4H9NO2.ClH/c1-18(2)39-11-12-41-28-22(31)13-19(14-25(28)39)27-23(32)16-33-29(35-27)34-20-5-6-24(21(30)15-20)37-7-9-38(10-8-37)26(40)17-36(3)4;1-15(2)34-9-10-35-24-19(27)11-16(12-22(24)34)23-20(28)14-30-25(32-23)31-17-3-4-21(18(26)13-17)33-7-5-29-6-8-33;1-5(2)3-4(6)7;/h5-6,13-16,18H,7-12,17H2,1-4H3,(H,33,34,35);3-4,11-15,29H,5-10H2,1-2H3,(H,30,31,32);3H2,1-2H3,(H,6,7);1H. The van der Waals surface area contributed by atoms with Crippen LogP contribution in [0.4, 0.5) is 72.4 Å². The average Bonchev–Trinajstić information content (AvgIpc) is 3.45. The van der Waals surface area contributed by atoms with E-state index in [-0.39, 0.29) is 88.7 Å². The number of hydrogen-bond acceptors (Lipinski definition) is 17. The van der Waals surface area contributed by atoms with Crippen molar-refractivity contribution in [1.29, 1.82) is 0 Å². The Labute approximate surface area is 491 Å². The molecule has 0 atom stereocenters. The molecule has 0 saturated carbocycles. The zero-order valence-electron chi connectivity index (χ0n) is 48.2. The van der Waals surface area contributed by atoms with Crippen molar-refractivity contribution in [3.05, 3.63) is 108 Å². The molecule has 4 N–H and O–H groups in total. The van der Waals surface area contributed by atoms with Gasteiger partial charge in [0.2, 0.25) is 17.8 Å². The van der Waals surface area contributed by atoms with E-state index in [0.29, 0.717) is 93.2 Å². The van der Waals surface area contributed by atoms with Gasteiger partial charge < -0.3 is 59.9 Å². The van der Waals surface area contributed by atoms with Crippen LogP contribution < -0.4 is 45.0 Å².